The van der Waals surface area contributed by atoms with Crippen molar-refractivity contribution in [2.45, 2.75) is 12.8 Å². The molecule has 2 aromatic rings. The Morgan fingerprint density at radius 3 is 2.16 bits per heavy atom. The zero-order chi connectivity index (χ0) is 13.8. The molecule has 0 saturated heterocycles. The molecule has 1 atom stereocenters. The van der Waals surface area contributed by atoms with Crippen molar-refractivity contribution >= 4 is 11.5 Å². The molecular formula is C15H13NO3. The van der Waals surface area contributed by atoms with Crippen LogP contribution in [0.3, 0.4) is 0 Å². The van der Waals surface area contributed by atoms with Crippen LogP contribution in [0.15, 0.2) is 54.6 Å². The van der Waals surface area contributed by atoms with Crippen molar-refractivity contribution in [2.75, 3.05) is 0 Å². The van der Waals surface area contributed by atoms with Gasteiger partial charge in [0.25, 0.3) is 5.69 Å². The van der Waals surface area contributed by atoms with Gasteiger partial charge in [-0.1, -0.05) is 49.4 Å². The van der Waals surface area contributed by atoms with Gasteiger partial charge < -0.3 is 0 Å². The van der Waals surface area contributed by atoms with Crippen LogP contribution in [0.25, 0.3) is 0 Å². The summed E-state index contributed by atoms with van der Waals surface area (Å²) >= 11 is 0. The number of nitro benzene ring substituents is 1. The highest BCUT2D eigenvalue weighted by Crippen LogP contribution is 2.22. The summed E-state index contributed by atoms with van der Waals surface area (Å²) in [5, 5.41) is 10.6. The van der Waals surface area contributed by atoms with Gasteiger partial charge in [-0.2, -0.15) is 0 Å². The third kappa shape index (κ3) is 2.85. The van der Waals surface area contributed by atoms with Crippen LogP contribution in [-0.2, 0) is 0 Å². The second kappa shape index (κ2) is 5.44. The maximum absolute atomic E-state index is 12.2. The number of benzene rings is 2. The van der Waals surface area contributed by atoms with Crippen LogP contribution in [-0.4, -0.2) is 10.7 Å². The van der Waals surface area contributed by atoms with E-state index >= 15 is 0 Å². The van der Waals surface area contributed by atoms with Gasteiger partial charge in [0.15, 0.2) is 5.78 Å². The number of ketones is 1. The Bertz CT molecular complexity index is 591. The second-order valence-corrected chi connectivity index (χ2v) is 4.30. The van der Waals surface area contributed by atoms with Gasteiger partial charge in [0, 0.05) is 23.6 Å². The van der Waals surface area contributed by atoms with Crippen LogP contribution < -0.4 is 0 Å². The molecule has 0 unspecified atom stereocenters. The molecule has 4 nitrogen and oxygen atoms in total. The van der Waals surface area contributed by atoms with E-state index in [1.807, 2.05) is 18.2 Å². The Morgan fingerprint density at radius 1 is 1.05 bits per heavy atom. The third-order valence-corrected chi connectivity index (χ3v) is 3.06. The number of carbonyl (C=O) groups excluding carboxylic acids is 1. The zero-order valence-corrected chi connectivity index (χ0v) is 10.4. The zero-order valence-electron chi connectivity index (χ0n) is 10.4. The summed E-state index contributed by atoms with van der Waals surface area (Å²) in [6.45, 7) is 1.80. The number of non-ortho nitro benzene ring substituents is 1. The fraction of sp³-hybridized carbons (Fsp3) is 0.133. The molecule has 0 amide bonds. The van der Waals surface area contributed by atoms with Crippen molar-refractivity contribution < 1.29 is 9.72 Å². The topological polar surface area (TPSA) is 60.2 Å². The molecule has 19 heavy (non-hydrogen) atoms. The van der Waals surface area contributed by atoms with Crippen LogP contribution in [0, 0.1) is 10.1 Å². The number of hydrogen-bond acceptors (Lipinski definition) is 3. The van der Waals surface area contributed by atoms with Crippen molar-refractivity contribution in [1.82, 2.24) is 0 Å². The molecular weight excluding hydrogens is 242 g/mol. The molecule has 0 aliphatic heterocycles. The largest absolute Gasteiger partial charge is 0.294 e. The first-order valence-corrected chi connectivity index (χ1v) is 5.93. The fourth-order valence-corrected chi connectivity index (χ4v) is 1.89. The van der Waals surface area contributed by atoms with E-state index in [9.17, 15) is 14.9 Å². The quantitative estimate of drug-likeness (QED) is 0.476. The summed E-state index contributed by atoms with van der Waals surface area (Å²) in [5.41, 5.74) is 1.45. The first-order chi connectivity index (χ1) is 9.09. The Kier molecular flexibility index (Phi) is 3.71. The third-order valence-electron chi connectivity index (χ3n) is 3.06. The number of Topliss-reactive ketones (excluding diaryl/α,β-unsaturated/α-hetero) is 1. The summed E-state index contributed by atoms with van der Waals surface area (Å²) in [7, 11) is 0. The minimum Gasteiger partial charge on any atom is -0.294 e. The fourth-order valence-electron chi connectivity index (χ4n) is 1.89. The molecule has 0 N–H and O–H groups in total. The summed E-state index contributed by atoms with van der Waals surface area (Å²) in [6, 6.07) is 15.1. The van der Waals surface area contributed by atoms with Crippen molar-refractivity contribution in [3.8, 4) is 0 Å². The van der Waals surface area contributed by atoms with Crippen LogP contribution in [0.5, 0.6) is 0 Å². The Balaban J connectivity index is 2.22. The van der Waals surface area contributed by atoms with Crippen LogP contribution >= 0.6 is 0 Å². The number of carbonyl (C=O) groups is 1. The molecule has 2 rings (SSSR count). The number of nitro groups is 1. The van der Waals surface area contributed by atoms with Gasteiger partial charge in [-0.05, 0) is 5.56 Å². The number of rotatable bonds is 4. The van der Waals surface area contributed by atoms with Crippen molar-refractivity contribution in [1.29, 1.82) is 0 Å². The highest BCUT2D eigenvalue weighted by molar-refractivity contribution is 6.00. The molecule has 96 valence electrons. The minimum atomic E-state index is -0.451. The maximum atomic E-state index is 12.2. The van der Waals surface area contributed by atoms with E-state index in [1.165, 1.54) is 12.1 Å². The van der Waals surface area contributed by atoms with Crippen LogP contribution in [0.2, 0.25) is 0 Å². The maximum Gasteiger partial charge on any atom is 0.269 e. The lowest BCUT2D eigenvalue weighted by atomic mass is 9.92. The average molecular weight is 255 g/mol. The van der Waals surface area contributed by atoms with Crippen LogP contribution in [0.4, 0.5) is 5.69 Å². The smallest absolute Gasteiger partial charge is 0.269 e. The van der Waals surface area contributed by atoms with E-state index in [4.69, 9.17) is 0 Å². The van der Waals surface area contributed by atoms with Gasteiger partial charge >= 0.3 is 0 Å². The van der Waals surface area contributed by atoms with Gasteiger partial charge in [-0.25, -0.2) is 0 Å². The Hall–Kier alpha value is -2.49. The molecule has 0 saturated carbocycles. The molecule has 0 fully saturated rings. The minimum absolute atomic E-state index is 0.00875. The van der Waals surface area contributed by atoms with Crippen LogP contribution in [0.1, 0.15) is 28.8 Å². The highest BCUT2D eigenvalue weighted by atomic mass is 16.6. The standard InChI is InChI=1S/C15H13NO3/c1-11(15(17)13-5-3-2-4-6-13)12-7-9-14(10-8-12)16(18)19/h2-11H,1H3/t11-/m1/s1. The van der Waals surface area contributed by atoms with E-state index in [2.05, 4.69) is 0 Å². The van der Waals surface area contributed by atoms with E-state index in [0.29, 0.717) is 5.56 Å². The first-order valence-electron chi connectivity index (χ1n) is 5.93. The molecule has 0 heterocycles. The number of hydrogen-bond donors (Lipinski definition) is 0. The average Bonchev–Trinajstić information content (AvgIpc) is 2.46. The van der Waals surface area contributed by atoms with E-state index in [1.54, 1.807) is 31.2 Å². The van der Waals surface area contributed by atoms with Crippen molar-refractivity contribution in [2.24, 2.45) is 0 Å². The molecule has 0 aliphatic carbocycles. The van der Waals surface area contributed by atoms with Gasteiger partial charge in [0.1, 0.15) is 0 Å². The van der Waals surface area contributed by atoms with Gasteiger partial charge in [-0.3, -0.25) is 14.9 Å². The van der Waals surface area contributed by atoms with E-state index in [-0.39, 0.29) is 17.4 Å². The molecule has 4 heteroatoms. The second-order valence-electron chi connectivity index (χ2n) is 4.30. The van der Waals surface area contributed by atoms with Crippen molar-refractivity contribution in [3.05, 3.63) is 75.8 Å². The van der Waals surface area contributed by atoms with E-state index < -0.39 is 4.92 Å². The predicted molar refractivity (Wildman–Crippen MR) is 72.3 cm³/mol. The molecule has 0 spiro atoms. The summed E-state index contributed by atoms with van der Waals surface area (Å²) in [5.74, 6) is -0.308. The lowest BCUT2D eigenvalue weighted by Crippen LogP contribution is -2.09. The summed E-state index contributed by atoms with van der Waals surface area (Å²) in [6.07, 6.45) is 0. The Labute approximate surface area is 110 Å². The normalized spacial score (nSPS) is 11.8. The van der Waals surface area contributed by atoms with Gasteiger partial charge in [0.2, 0.25) is 0 Å². The summed E-state index contributed by atoms with van der Waals surface area (Å²) in [4.78, 5) is 22.4. The monoisotopic (exact) mass is 255 g/mol. The van der Waals surface area contributed by atoms with E-state index in [0.717, 1.165) is 5.56 Å². The highest BCUT2D eigenvalue weighted by Gasteiger charge is 2.17. The molecule has 0 radical (unpaired) electrons. The van der Waals surface area contributed by atoms with Gasteiger partial charge in [-0.15, -0.1) is 0 Å². The molecule has 0 aromatic heterocycles. The number of nitrogens with zero attached hydrogens (tertiary/aromatic N) is 1. The lowest BCUT2D eigenvalue weighted by Gasteiger charge is -2.10. The van der Waals surface area contributed by atoms with Crippen molar-refractivity contribution in [3.63, 3.8) is 0 Å². The summed E-state index contributed by atoms with van der Waals surface area (Å²) < 4.78 is 0. The molecule has 0 bridgehead atoms. The lowest BCUT2D eigenvalue weighted by molar-refractivity contribution is -0.384. The SMILES string of the molecule is C[C@@H](C(=O)c1ccccc1)c1ccc([N+](=O)[O-])cc1. The van der Waals surface area contributed by atoms with Gasteiger partial charge in [0.05, 0.1) is 4.92 Å². The molecule has 2 aromatic carbocycles. The predicted octanol–water partition coefficient (Wildman–Crippen LogP) is 3.58. The molecule has 0 aliphatic rings. The first kappa shape index (κ1) is 13.0. The Morgan fingerprint density at radius 2 is 1.63 bits per heavy atom.